The second kappa shape index (κ2) is 54.3. The average Bonchev–Trinajstić information content (AvgIpc) is 3.40. The molecule has 0 radical (unpaired) electrons. The Morgan fingerprint density at radius 1 is 0.459 bits per heavy atom. The van der Waals surface area contributed by atoms with E-state index < -0.39 is 49.5 Å². The van der Waals surface area contributed by atoms with Crippen molar-refractivity contribution in [2.45, 2.75) is 333 Å². The van der Waals surface area contributed by atoms with Gasteiger partial charge in [-0.1, -0.05) is 267 Å². The van der Waals surface area contributed by atoms with Crippen LogP contribution in [0.15, 0.2) is 60.8 Å². The zero-order chi connectivity index (χ0) is 53.6. The van der Waals surface area contributed by atoms with Crippen LogP contribution < -0.4 is 5.32 Å². The predicted octanol–water partition coefficient (Wildman–Crippen LogP) is 16.2. The van der Waals surface area contributed by atoms with Crippen LogP contribution in [0.2, 0.25) is 0 Å². The smallest absolute Gasteiger partial charge is 0.220 e. The molecule has 0 aliphatic carbocycles. The molecule has 0 aromatic heterocycles. The maximum atomic E-state index is 13.1. The van der Waals surface area contributed by atoms with Crippen molar-refractivity contribution in [2.24, 2.45) is 0 Å². The molecule has 0 saturated carbocycles. The Labute approximate surface area is 456 Å². The van der Waals surface area contributed by atoms with Crippen LogP contribution >= 0.6 is 0 Å². The molecule has 0 aromatic rings. The van der Waals surface area contributed by atoms with Crippen LogP contribution in [0.3, 0.4) is 0 Å². The summed E-state index contributed by atoms with van der Waals surface area (Å²) < 4.78 is 11.3. The fourth-order valence-electron chi connectivity index (χ4n) is 9.81. The fraction of sp³-hybridized carbons (Fsp3) is 0.831. The van der Waals surface area contributed by atoms with E-state index in [1.54, 1.807) is 6.08 Å². The molecule has 1 heterocycles. The van der Waals surface area contributed by atoms with E-state index >= 15 is 0 Å². The monoisotopic (exact) mass is 1040 g/mol. The van der Waals surface area contributed by atoms with Crippen LogP contribution in [-0.2, 0) is 14.3 Å². The lowest BCUT2D eigenvalue weighted by molar-refractivity contribution is -0.302. The van der Waals surface area contributed by atoms with E-state index in [0.29, 0.717) is 6.42 Å². The third kappa shape index (κ3) is 42.9. The summed E-state index contributed by atoms with van der Waals surface area (Å²) in [5.41, 5.74) is 0. The van der Waals surface area contributed by atoms with Crippen molar-refractivity contribution in [3.05, 3.63) is 60.8 Å². The van der Waals surface area contributed by atoms with Crippen LogP contribution in [0.5, 0.6) is 0 Å². The normalized spacial score (nSPS) is 19.4. The lowest BCUT2D eigenvalue weighted by atomic mass is 9.99. The van der Waals surface area contributed by atoms with Gasteiger partial charge in [-0.3, -0.25) is 4.79 Å². The van der Waals surface area contributed by atoms with Gasteiger partial charge < -0.3 is 40.3 Å². The number of nitrogens with one attached hydrogen (secondary N) is 1. The number of allylic oxidation sites excluding steroid dienone is 9. The van der Waals surface area contributed by atoms with E-state index in [0.717, 1.165) is 51.4 Å². The molecule has 7 atom stereocenters. The van der Waals surface area contributed by atoms with Gasteiger partial charge in [0.05, 0.1) is 25.4 Å². The second-order valence-electron chi connectivity index (χ2n) is 21.8. The lowest BCUT2D eigenvalue weighted by Gasteiger charge is -2.40. The average molecular weight is 1040 g/mol. The highest BCUT2D eigenvalue weighted by molar-refractivity contribution is 5.76. The van der Waals surface area contributed by atoms with Gasteiger partial charge in [0, 0.05) is 6.42 Å². The molecule has 9 heteroatoms. The van der Waals surface area contributed by atoms with Crippen molar-refractivity contribution in [3.8, 4) is 0 Å². The second-order valence-corrected chi connectivity index (χ2v) is 21.8. The van der Waals surface area contributed by atoms with E-state index in [1.807, 2.05) is 6.08 Å². The Bertz CT molecular complexity index is 1350. The molecule has 7 unspecified atom stereocenters. The zero-order valence-electron chi connectivity index (χ0n) is 48.1. The van der Waals surface area contributed by atoms with E-state index in [4.69, 9.17) is 9.47 Å². The minimum atomic E-state index is -1.58. The largest absolute Gasteiger partial charge is 0.394 e. The molecule has 9 nitrogen and oxygen atoms in total. The van der Waals surface area contributed by atoms with Gasteiger partial charge in [-0.05, 0) is 77.0 Å². The number of amides is 1. The molecule has 1 aliphatic rings. The van der Waals surface area contributed by atoms with Gasteiger partial charge in [0.25, 0.3) is 0 Å². The van der Waals surface area contributed by atoms with Crippen LogP contribution in [0, 0.1) is 0 Å². The first-order valence-corrected chi connectivity index (χ1v) is 31.5. The van der Waals surface area contributed by atoms with E-state index in [1.165, 1.54) is 218 Å². The Kier molecular flexibility index (Phi) is 51.3. The summed E-state index contributed by atoms with van der Waals surface area (Å²) in [5, 5.41) is 54.6. The molecule has 0 bridgehead atoms. The van der Waals surface area contributed by atoms with Gasteiger partial charge in [-0.2, -0.15) is 0 Å². The fourth-order valence-corrected chi connectivity index (χ4v) is 9.81. The number of unbranched alkanes of at least 4 members (excludes halogenated alkanes) is 36. The van der Waals surface area contributed by atoms with Gasteiger partial charge in [0.15, 0.2) is 6.29 Å². The van der Waals surface area contributed by atoms with Crippen LogP contribution in [0.4, 0.5) is 0 Å². The summed E-state index contributed by atoms with van der Waals surface area (Å²) in [6, 6.07) is -0.831. The number of aliphatic hydroxyl groups is 5. The first-order chi connectivity index (χ1) is 36.3. The molecule has 74 heavy (non-hydrogen) atoms. The van der Waals surface area contributed by atoms with Gasteiger partial charge in [-0.25, -0.2) is 0 Å². The van der Waals surface area contributed by atoms with Crippen molar-refractivity contribution < 1.29 is 39.8 Å². The van der Waals surface area contributed by atoms with Gasteiger partial charge in [0.1, 0.15) is 24.4 Å². The quantitative estimate of drug-likeness (QED) is 0.0261. The predicted molar refractivity (Wildman–Crippen MR) is 313 cm³/mol. The number of carbonyl (C=O) groups excluding carboxylic acids is 1. The Hall–Kier alpha value is -2.11. The lowest BCUT2D eigenvalue weighted by Crippen LogP contribution is -2.60. The number of rotatable bonds is 54. The summed E-state index contributed by atoms with van der Waals surface area (Å²) in [7, 11) is 0. The Balaban J connectivity index is 2.22. The highest BCUT2D eigenvalue weighted by Crippen LogP contribution is 2.23. The molecule has 0 spiro atoms. The third-order valence-corrected chi connectivity index (χ3v) is 14.8. The van der Waals surface area contributed by atoms with Crippen molar-refractivity contribution in [2.75, 3.05) is 13.2 Å². The number of hydrogen-bond acceptors (Lipinski definition) is 8. The number of aliphatic hydroxyl groups excluding tert-OH is 5. The molecule has 1 rings (SSSR count). The minimum absolute atomic E-state index is 0.189. The van der Waals surface area contributed by atoms with Gasteiger partial charge in [0.2, 0.25) is 5.91 Å². The third-order valence-electron chi connectivity index (χ3n) is 14.8. The summed E-state index contributed by atoms with van der Waals surface area (Å²) >= 11 is 0. The molecule has 1 amide bonds. The molecule has 432 valence electrons. The molecule has 1 saturated heterocycles. The van der Waals surface area contributed by atoms with Crippen LogP contribution in [0.1, 0.15) is 290 Å². The summed E-state index contributed by atoms with van der Waals surface area (Å²) in [4.78, 5) is 13.1. The minimum Gasteiger partial charge on any atom is -0.394 e. The zero-order valence-corrected chi connectivity index (χ0v) is 48.1. The van der Waals surface area contributed by atoms with Crippen molar-refractivity contribution in [1.82, 2.24) is 5.32 Å². The number of carbonyl (C=O) groups is 1. The van der Waals surface area contributed by atoms with Crippen LogP contribution in [-0.4, -0.2) is 87.5 Å². The number of hydrogen-bond donors (Lipinski definition) is 6. The molecule has 6 N–H and O–H groups in total. The molecule has 1 fully saturated rings. The molecule has 0 aromatic carbocycles. The Morgan fingerprint density at radius 2 is 0.811 bits per heavy atom. The van der Waals surface area contributed by atoms with E-state index in [-0.39, 0.29) is 12.5 Å². The standard InChI is InChI=1S/C65H119NO8/c1-3-5-7-9-11-13-15-17-19-21-23-25-27-29-30-31-33-35-37-39-41-43-45-47-49-51-53-55-61(69)66-58(57-73-65-64(72)63(71)62(70)60(56-67)74-65)59(68)54-52-50-48-46-44-42-40-38-36-34-32-28-26-24-22-20-18-16-14-12-10-8-6-4-2/h15,17,21,23,36,38,44,46,52,54,58-60,62-65,67-68,70-72H,3-14,16,18-20,22,24-35,37,39-43,45,47-51,53,55-57H2,1-2H3,(H,66,69)/b17-15-,23-21-,38-36+,46-44+,54-52+. The SMILES string of the molecule is CCCCCCC/C=C\C/C=C\CCCCCCCCCCCCCCCCCC(=O)NC(COC1OC(CO)C(O)C(O)C1O)C(O)/C=C/CC/C=C/CC/C=C/CCCCCCCCCCCCCCCC. The van der Waals surface area contributed by atoms with E-state index in [9.17, 15) is 30.3 Å². The van der Waals surface area contributed by atoms with Crippen molar-refractivity contribution in [1.29, 1.82) is 0 Å². The van der Waals surface area contributed by atoms with Gasteiger partial charge >= 0.3 is 0 Å². The van der Waals surface area contributed by atoms with E-state index in [2.05, 4.69) is 67.8 Å². The first kappa shape index (κ1) is 69.9. The molecule has 1 aliphatic heterocycles. The highest BCUT2D eigenvalue weighted by atomic mass is 16.7. The molecular weight excluding hydrogens is 923 g/mol. The first-order valence-electron chi connectivity index (χ1n) is 31.5. The van der Waals surface area contributed by atoms with Crippen molar-refractivity contribution >= 4 is 5.91 Å². The summed E-state index contributed by atoms with van der Waals surface area (Å²) in [6.07, 6.45) is 67.3. The Morgan fingerprint density at radius 3 is 1.22 bits per heavy atom. The number of ether oxygens (including phenoxy) is 2. The summed E-state index contributed by atoms with van der Waals surface area (Å²) in [5.74, 6) is -0.189. The summed E-state index contributed by atoms with van der Waals surface area (Å²) in [6.45, 7) is 3.78. The molecular formula is C65H119NO8. The maximum absolute atomic E-state index is 13.1. The van der Waals surface area contributed by atoms with Crippen molar-refractivity contribution in [3.63, 3.8) is 0 Å². The van der Waals surface area contributed by atoms with Crippen LogP contribution in [0.25, 0.3) is 0 Å². The van der Waals surface area contributed by atoms with Gasteiger partial charge in [-0.15, -0.1) is 0 Å². The maximum Gasteiger partial charge on any atom is 0.220 e. The topological polar surface area (TPSA) is 149 Å². The highest BCUT2D eigenvalue weighted by Gasteiger charge is 2.44.